The van der Waals surface area contributed by atoms with Gasteiger partial charge in [0, 0.05) is 19.5 Å². The molecule has 0 atom stereocenters. The maximum atomic E-state index is 5.08. The molecule has 0 saturated heterocycles. The third-order valence-corrected chi connectivity index (χ3v) is 3.23. The Bertz CT molecular complexity index is 537. The number of aryl methyl sites for hydroxylation is 4. The zero-order valence-corrected chi connectivity index (χ0v) is 12.1. The molecule has 0 bridgehead atoms. The molecule has 1 N–H and O–H groups in total. The van der Waals surface area contributed by atoms with Gasteiger partial charge in [0.05, 0.1) is 0 Å². The number of rotatable bonds is 5. The maximum absolute atomic E-state index is 5.08. The average Bonchev–Trinajstić information content (AvgIpc) is 2.73. The summed E-state index contributed by atoms with van der Waals surface area (Å²) in [5.41, 5.74) is 5.39. The van der Waals surface area contributed by atoms with Crippen LogP contribution in [-0.2, 0) is 13.0 Å². The Balaban J connectivity index is 1.86. The molecule has 0 radical (unpaired) electrons. The largest absolute Gasteiger partial charge is 0.339 e. The number of nitrogens with one attached hydrogen (secondary N) is 1. The van der Waals surface area contributed by atoms with Crippen LogP contribution in [0.15, 0.2) is 16.7 Å². The molecule has 4 heteroatoms. The Morgan fingerprint density at radius 1 is 1.11 bits per heavy atom. The first-order chi connectivity index (χ1) is 9.06. The summed E-state index contributed by atoms with van der Waals surface area (Å²) in [5.74, 6) is 1.39. The third-order valence-electron chi connectivity index (χ3n) is 3.23. The van der Waals surface area contributed by atoms with Gasteiger partial charge in [0.15, 0.2) is 5.82 Å². The molecule has 0 fully saturated rings. The number of aromatic nitrogens is 2. The predicted molar refractivity (Wildman–Crippen MR) is 75.1 cm³/mol. The van der Waals surface area contributed by atoms with Crippen LogP contribution in [0, 0.1) is 27.7 Å². The van der Waals surface area contributed by atoms with E-state index in [1.807, 2.05) is 6.92 Å². The minimum Gasteiger partial charge on any atom is -0.339 e. The highest BCUT2D eigenvalue weighted by molar-refractivity contribution is 5.37. The van der Waals surface area contributed by atoms with Crippen molar-refractivity contribution in [3.63, 3.8) is 0 Å². The molecule has 2 aromatic rings. The first kappa shape index (κ1) is 13.7. The zero-order valence-electron chi connectivity index (χ0n) is 12.1. The van der Waals surface area contributed by atoms with Crippen molar-refractivity contribution in [1.29, 1.82) is 0 Å². The van der Waals surface area contributed by atoms with Gasteiger partial charge in [-0.2, -0.15) is 4.98 Å². The minimum absolute atomic E-state index is 0.695. The second-order valence-electron chi connectivity index (χ2n) is 5.04. The monoisotopic (exact) mass is 259 g/mol. The fourth-order valence-corrected chi connectivity index (χ4v) is 2.34. The highest BCUT2D eigenvalue weighted by Gasteiger charge is 2.05. The van der Waals surface area contributed by atoms with Crippen molar-refractivity contribution in [1.82, 2.24) is 15.5 Å². The lowest BCUT2D eigenvalue weighted by Crippen LogP contribution is -2.18. The number of hydrogen-bond acceptors (Lipinski definition) is 4. The van der Waals surface area contributed by atoms with Gasteiger partial charge in [0.2, 0.25) is 5.89 Å². The molecule has 1 aromatic carbocycles. The van der Waals surface area contributed by atoms with Gasteiger partial charge in [-0.05, 0) is 44.4 Å². The van der Waals surface area contributed by atoms with E-state index in [0.29, 0.717) is 11.7 Å². The van der Waals surface area contributed by atoms with E-state index in [2.05, 4.69) is 48.4 Å². The van der Waals surface area contributed by atoms with Crippen molar-refractivity contribution < 1.29 is 4.52 Å². The van der Waals surface area contributed by atoms with E-state index in [1.54, 1.807) is 0 Å². The SMILES string of the molecule is Cc1cc(C)c(CNCCc2nc(C)no2)c(C)c1. The van der Waals surface area contributed by atoms with Gasteiger partial charge < -0.3 is 9.84 Å². The summed E-state index contributed by atoms with van der Waals surface area (Å²) in [4.78, 5) is 4.18. The quantitative estimate of drug-likeness (QED) is 0.839. The molecule has 1 aromatic heterocycles. The Kier molecular flexibility index (Phi) is 4.32. The summed E-state index contributed by atoms with van der Waals surface area (Å²) >= 11 is 0. The molecule has 1 heterocycles. The average molecular weight is 259 g/mol. The van der Waals surface area contributed by atoms with Crippen molar-refractivity contribution in [3.8, 4) is 0 Å². The summed E-state index contributed by atoms with van der Waals surface area (Å²) in [5, 5.41) is 7.21. The number of hydrogen-bond donors (Lipinski definition) is 1. The van der Waals surface area contributed by atoms with Gasteiger partial charge in [-0.3, -0.25) is 0 Å². The third kappa shape index (κ3) is 3.64. The van der Waals surface area contributed by atoms with Gasteiger partial charge >= 0.3 is 0 Å². The van der Waals surface area contributed by atoms with Crippen molar-refractivity contribution >= 4 is 0 Å². The van der Waals surface area contributed by atoms with Gasteiger partial charge in [-0.1, -0.05) is 22.9 Å². The molecule has 0 saturated carbocycles. The highest BCUT2D eigenvalue weighted by Crippen LogP contribution is 2.15. The molecule has 0 aliphatic heterocycles. The Labute approximate surface area is 114 Å². The number of benzene rings is 1. The Morgan fingerprint density at radius 3 is 2.37 bits per heavy atom. The molecule has 0 unspecified atom stereocenters. The molecule has 0 aliphatic carbocycles. The van der Waals surface area contributed by atoms with Crippen LogP contribution in [0.1, 0.15) is 34.0 Å². The van der Waals surface area contributed by atoms with Crippen molar-refractivity contribution in [2.75, 3.05) is 6.54 Å². The molecule has 0 amide bonds. The topological polar surface area (TPSA) is 51.0 Å². The van der Waals surface area contributed by atoms with E-state index in [0.717, 1.165) is 19.5 Å². The molecular formula is C15H21N3O. The highest BCUT2D eigenvalue weighted by atomic mass is 16.5. The van der Waals surface area contributed by atoms with Crippen LogP contribution in [0.2, 0.25) is 0 Å². The molecular weight excluding hydrogens is 238 g/mol. The van der Waals surface area contributed by atoms with Crippen LogP contribution in [-0.4, -0.2) is 16.7 Å². The summed E-state index contributed by atoms with van der Waals surface area (Å²) in [7, 11) is 0. The Hall–Kier alpha value is -1.68. The summed E-state index contributed by atoms with van der Waals surface area (Å²) in [6, 6.07) is 4.46. The van der Waals surface area contributed by atoms with Crippen LogP contribution in [0.4, 0.5) is 0 Å². The molecule has 2 rings (SSSR count). The maximum Gasteiger partial charge on any atom is 0.227 e. The van der Waals surface area contributed by atoms with Crippen LogP contribution < -0.4 is 5.32 Å². The first-order valence-corrected chi connectivity index (χ1v) is 6.63. The first-order valence-electron chi connectivity index (χ1n) is 6.63. The summed E-state index contributed by atoms with van der Waals surface area (Å²) < 4.78 is 5.08. The molecule has 0 aliphatic rings. The lowest BCUT2D eigenvalue weighted by Gasteiger charge is -2.11. The second kappa shape index (κ2) is 5.97. The smallest absolute Gasteiger partial charge is 0.227 e. The van der Waals surface area contributed by atoms with Crippen molar-refractivity contribution in [2.45, 2.75) is 40.7 Å². The summed E-state index contributed by atoms with van der Waals surface area (Å²) in [6.45, 7) is 10.0. The van der Waals surface area contributed by atoms with E-state index in [9.17, 15) is 0 Å². The van der Waals surface area contributed by atoms with E-state index < -0.39 is 0 Å². The fourth-order valence-electron chi connectivity index (χ4n) is 2.34. The molecule has 102 valence electrons. The predicted octanol–water partition coefficient (Wildman–Crippen LogP) is 2.64. The van der Waals surface area contributed by atoms with Gasteiger partial charge in [0.1, 0.15) is 0 Å². The summed E-state index contributed by atoms with van der Waals surface area (Å²) in [6.07, 6.45) is 0.769. The van der Waals surface area contributed by atoms with Gasteiger partial charge in [-0.25, -0.2) is 0 Å². The van der Waals surface area contributed by atoms with Gasteiger partial charge in [-0.15, -0.1) is 0 Å². The van der Waals surface area contributed by atoms with Crippen LogP contribution in [0.5, 0.6) is 0 Å². The fraction of sp³-hybridized carbons (Fsp3) is 0.467. The van der Waals surface area contributed by atoms with Crippen LogP contribution in [0.3, 0.4) is 0 Å². The molecule has 0 spiro atoms. The van der Waals surface area contributed by atoms with E-state index >= 15 is 0 Å². The van der Waals surface area contributed by atoms with E-state index in [-0.39, 0.29) is 0 Å². The van der Waals surface area contributed by atoms with Crippen LogP contribution in [0.25, 0.3) is 0 Å². The molecule has 4 nitrogen and oxygen atoms in total. The Morgan fingerprint density at radius 2 is 1.79 bits per heavy atom. The minimum atomic E-state index is 0.695. The van der Waals surface area contributed by atoms with Crippen molar-refractivity contribution in [3.05, 3.63) is 46.1 Å². The lowest BCUT2D eigenvalue weighted by molar-refractivity contribution is 0.372. The van der Waals surface area contributed by atoms with E-state index in [4.69, 9.17) is 4.52 Å². The second-order valence-corrected chi connectivity index (χ2v) is 5.04. The normalized spacial score (nSPS) is 10.9. The van der Waals surface area contributed by atoms with Crippen molar-refractivity contribution in [2.24, 2.45) is 0 Å². The van der Waals surface area contributed by atoms with Gasteiger partial charge in [0.25, 0.3) is 0 Å². The molecule has 19 heavy (non-hydrogen) atoms. The van der Waals surface area contributed by atoms with E-state index in [1.165, 1.54) is 22.3 Å². The standard InChI is InChI=1S/C15H21N3O/c1-10-7-11(2)14(12(3)8-10)9-16-6-5-15-17-13(4)18-19-15/h7-8,16H,5-6,9H2,1-4H3. The lowest BCUT2D eigenvalue weighted by atomic mass is 10.00. The number of nitrogens with zero attached hydrogens (tertiary/aromatic N) is 2. The van der Waals surface area contributed by atoms with Crippen LogP contribution >= 0.6 is 0 Å². The zero-order chi connectivity index (χ0) is 13.8.